The molecule has 0 amide bonds. The van der Waals surface area contributed by atoms with Crippen LogP contribution in [0.25, 0.3) is 0 Å². The summed E-state index contributed by atoms with van der Waals surface area (Å²) in [6.07, 6.45) is 81.7. The van der Waals surface area contributed by atoms with E-state index in [1.165, 1.54) is 6.42 Å². The molecule has 2 atom stereocenters. The molecular formula is C62H98NO8P. The third kappa shape index (κ3) is 55.0. The Bertz CT molecular complexity index is 1730. The molecule has 10 heteroatoms. The molecule has 0 aromatic carbocycles. The maximum atomic E-state index is 12.6. The fourth-order valence-electron chi connectivity index (χ4n) is 6.62. The van der Waals surface area contributed by atoms with E-state index in [-0.39, 0.29) is 32.6 Å². The van der Waals surface area contributed by atoms with E-state index in [0.29, 0.717) is 12.8 Å². The minimum absolute atomic E-state index is 0.0397. The highest BCUT2D eigenvalue weighted by molar-refractivity contribution is 7.47. The number of ether oxygens (including phenoxy) is 2. The van der Waals surface area contributed by atoms with Gasteiger partial charge in [0.15, 0.2) is 6.10 Å². The van der Waals surface area contributed by atoms with E-state index in [2.05, 4.69) is 172 Å². The van der Waals surface area contributed by atoms with Crippen LogP contribution < -0.4 is 5.73 Å². The molecule has 0 heterocycles. The van der Waals surface area contributed by atoms with Gasteiger partial charge in [0.1, 0.15) is 6.61 Å². The van der Waals surface area contributed by atoms with Gasteiger partial charge in [-0.1, -0.05) is 210 Å². The molecule has 0 saturated carbocycles. The van der Waals surface area contributed by atoms with E-state index in [4.69, 9.17) is 24.3 Å². The second-order valence-electron chi connectivity index (χ2n) is 17.4. The fourth-order valence-corrected chi connectivity index (χ4v) is 7.38. The van der Waals surface area contributed by atoms with Crippen LogP contribution in [0.2, 0.25) is 0 Å². The molecule has 0 fully saturated rings. The van der Waals surface area contributed by atoms with Crippen LogP contribution in [0.1, 0.15) is 187 Å². The Morgan fingerprint density at radius 2 is 0.764 bits per heavy atom. The van der Waals surface area contributed by atoms with Crippen molar-refractivity contribution in [1.82, 2.24) is 0 Å². The molecule has 0 rings (SSSR count). The highest BCUT2D eigenvalue weighted by Crippen LogP contribution is 2.43. The highest BCUT2D eigenvalue weighted by atomic mass is 31.2. The largest absolute Gasteiger partial charge is 0.472 e. The number of carbonyl (C=O) groups is 2. The van der Waals surface area contributed by atoms with E-state index in [0.717, 1.165) is 141 Å². The number of hydrogen-bond donors (Lipinski definition) is 2. The summed E-state index contributed by atoms with van der Waals surface area (Å²) in [6.45, 7) is 3.48. The second kappa shape index (κ2) is 55.9. The molecule has 2 unspecified atom stereocenters. The molecule has 404 valence electrons. The normalized spacial score (nSPS) is 14.3. The van der Waals surface area contributed by atoms with Gasteiger partial charge < -0.3 is 20.1 Å². The molecule has 9 nitrogen and oxygen atoms in total. The van der Waals surface area contributed by atoms with Gasteiger partial charge in [-0.3, -0.25) is 18.6 Å². The molecule has 0 aromatic heterocycles. The van der Waals surface area contributed by atoms with E-state index < -0.39 is 32.5 Å². The number of nitrogens with two attached hydrogens (primary N) is 1. The zero-order valence-electron chi connectivity index (χ0n) is 44.8. The van der Waals surface area contributed by atoms with Crippen molar-refractivity contribution >= 4 is 19.8 Å². The molecule has 0 aliphatic carbocycles. The highest BCUT2D eigenvalue weighted by Gasteiger charge is 2.26. The Morgan fingerprint density at radius 3 is 1.15 bits per heavy atom. The molecule has 0 radical (unpaired) electrons. The second-order valence-corrected chi connectivity index (χ2v) is 18.8. The Balaban J connectivity index is 4.04. The zero-order chi connectivity index (χ0) is 52.4. The average molecular weight is 1020 g/mol. The quantitative estimate of drug-likeness (QED) is 0.0264. The maximum absolute atomic E-state index is 12.6. The van der Waals surface area contributed by atoms with Crippen LogP contribution in [0.15, 0.2) is 158 Å². The average Bonchev–Trinajstić information content (AvgIpc) is 3.37. The van der Waals surface area contributed by atoms with Gasteiger partial charge in [0.25, 0.3) is 0 Å². The number of rotatable bonds is 49. The molecule has 0 aromatic rings. The molecule has 0 aliphatic heterocycles. The monoisotopic (exact) mass is 1020 g/mol. The van der Waals surface area contributed by atoms with Crippen LogP contribution in [0, 0.1) is 0 Å². The van der Waals surface area contributed by atoms with Gasteiger partial charge in [-0.05, 0) is 122 Å². The number of allylic oxidation sites excluding steroid dienone is 26. The van der Waals surface area contributed by atoms with Crippen LogP contribution in [0.4, 0.5) is 0 Å². The molecule has 0 spiro atoms. The van der Waals surface area contributed by atoms with Gasteiger partial charge in [0.2, 0.25) is 0 Å². The lowest BCUT2D eigenvalue weighted by Gasteiger charge is -2.19. The van der Waals surface area contributed by atoms with Crippen molar-refractivity contribution in [3.63, 3.8) is 0 Å². The first kappa shape index (κ1) is 67.6. The van der Waals surface area contributed by atoms with Gasteiger partial charge >= 0.3 is 19.8 Å². The predicted molar refractivity (Wildman–Crippen MR) is 306 cm³/mol. The number of hydrogen-bond acceptors (Lipinski definition) is 8. The van der Waals surface area contributed by atoms with E-state index in [1.807, 2.05) is 0 Å². The van der Waals surface area contributed by atoms with Gasteiger partial charge in [0, 0.05) is 19.4 Å². The minimum atomic E-state index is -4.40. The standard InChI is InChI=1S/C62H98NO8P/c1-3-5-7-9-11-13-15-16-17-18-19-20-21-22-23-24-25-26-27-28-29-30-31-32-33-34-35-36-37-38-39-40-41-42-43-44-45-47-49-51-53-55-62(65)71-60(59-70-72(66,67)69-57-56-63)58-68-61(64)54-52-50-48-46-14-12-10-8-6-4-2/h5,7-8,10-11,13,16-17,19-20,22-23,25-26,28-29,31-32,34-35,37-38,40-41,43-44,60H,3-4,6,9,12,14-15,18,21,24,27,30,33,36,39,42,45-59,63H2,1-2H3,(H,66,67)/b7-5-,10-8-,13-11-,17-16-,20-19-,23-22-,26-25-,29-28-,32-31-,35-34-,38-37-,41-40-,44-43-. The van der Waals surface area contributed by atoms with Crippen LogP contribution in [0.3, 0.4) is 0 Å². The molecule has 0 aliphatic rings. The summed E-state index contributed by atoms with van der Waals surface area (Å²) >= 11 is 0. The van der Waals surface area contributed by atoms with Crippen molar-refractivity contribution < 1.29 is 37.6 Å². The Kier molecular flexibility index (Phi) is 52.5. The van der Waals surface area contributed by atoms with Crippen LogP contribution in [-0.4, -0.2) is 49.3 Å². The van der Waals surface area contributed by atoms with E-state index in [9.17, 15) is 19.0 Å². The predicted octanol–water partition coefficient (Wildman–Crippen LogP) is 17.3. The SMILES string of the molecule is CC/C=C\C/C=C\C/C=C\C/C=C\C/C=C\C/C=C\C/C=C\C/C=C\C/C=C\C/C=C\C/C=C\C/C=C\CCCCCCC(=O)OC(COC(=O)CCCCCCC/C=C\CCC)COP(=O)(O)OCCN. The summed E-state index contributed by atoms with van der Waals surface area (Å²) in [5.41, 5.74) is 5.35. The molecule has 0 bridgehead atoms. The van der Waals surface area contributed by atoms with E-state index in [1.54, 1.807) is 0 Å². The Labute approximate surface area is 438 Å². The summed E-state index contributed by atoms with van der Waals surface area (Å²) in [4.78, 5) is 34.9. The van der Waals surface area contributed by atoms with Gasteiger partial charge in [-0.2, -0.15) is 0 Å². The van der Waals surface area contributed by atoms with Crippen molar-refractivity contribution in [1.29, 1.82) is 0 Å². The molecule has 72 heavy (non-hydrogen) atoms. The number of phosphoric ester groups is 1. The first-order chi connectivity index (χ1) is 35.3. The summed E-state index contributed by atoms with van der Waals surface area (Å²) in [6, 6.07) is 0. The first-order valence-electron chi connectivity index (χ1n) is 27.5. The maximum Gasteiger partial charge on any atom is 0.472 e. The summed E-state index contributed by atoms with van der Waals surface area (Å²) in [5, 5.41) is 0. The lowest BCUT2D eigenvalue weighted by Crippen LogP contribution is -2.29. The van der Waals surface area contributed by atoms with Crippen LogP contribution >= 0.6 is 7.82 Å². The molecule has 0 saturated heterocycles. The smallest absolute Gasteiger partial charge is 0.462 e. The lowest BCUT2D eigenvalue weighted by molar-refractivity contribution is -0.161. The van der Waals surface area contributed by atoms with Crippen molar-refractivity contribution in [3.05, 3.63) is 158 Å². The number of unbranched alkanes of at least 4 members (excludes halogenated alkanes) is 10. The van der Waals surface area contributed by atoms with E-state index >= 15 is 0 Å². The lowest BCUT2D eigenvalue weighted by atomic mass is 10.1. The van der Waals surface area contributed by atoms with Crippen molar-refractivity contribution in [2.45, 2.75) is 193 Å². The molecular weight excluding hydrogens is 918 g/mol. The van der Waals surface area contributed by atoms with Gasteiger partial charge in [0.05, 0.1) is 13.2 Å². The van der Waals surface area contributed by atoms with Crippen molar-refractivity contribution in [2.24, 2.45) is 5.73 Å². The third-order valence-electron chi connectivity index (χ3n) is 10.6. The van der Waals surface area contributed by atoms with Gasteiger partial charge in [-0.15, -0.1) is 0 Å². The molecule has 3 N–H and O–H groups in total. The van der Waals surface area contributed by atoms with Crippen LogP contribution in [-0.2, 0) is 32.7 Å². The number of esters is 2. The zero-order valence-corrected chi connectivity index (χ0v) is 45.7. The van der Waals surface area contributed by atoms with Gasteiger partial charge in [-0.25, -0.2) is 4.57 Å². The summed E-state index contributed by atoms with van der Waals surface area (Å²) in [5.74, 6) is -0.885. The Morgan fingerprint density at radius 1 is 0.431 bits per heavy atom. The van der Waals surface area contributed by atoms with Crippen molar-refractivity contribution in [3.8, 4) is 0 Å². The van der Waals surface area contributed by atoms with Crippen molar-refractivity contribution in [2.75, 3.05) is 26.4 Å². The first-order valence-corrected chi connectivity index (χ1v) is 29.0. The summed E-state index contributed by atoms with van der Waals surface area (Å²) < 4.78 is 32.8. The number of carbonyl (C=O) groups excluding carboxylic acids is 2. The Hall–Kier alpha value is -4.37. The number of phosphoric acid groups is 1. The minimum Gasteiger partial charge on any atom is -0.462 e. The topological polar surface area (TPSA) is 134 Å². The summed E-state index contributed by atoms with van der Waals surface area (Å²) in [7, 11) is -4.40. The third-order valence-corrected chi connectivity index (χ3v) is 11.6. The fraction of sp³-hybridized carbons (Fsp3) is 0.548. The van der Waals surface area contributed by atoms with Crippen LogP contribution in [0.5, 0.6) is 0 Å².